The zero-order valence-electron chi connectivity index (χ0n) is 23.9. The second kappa shape index (κ2) is 13.8. The third-order valence-corrected chi connectivity index (χ3v) is 8.44. The highest BCUT2D eigenvalue weighted by molar-refractivity contribution is 5.99. The van der Waals surface area contributed by atoms with Crippen molar-refractivity contribution in [2.45, 2.75) is 51.9 Å². The molecule has 2 aliphatic heterocycles. The van der Waals surface area contributed by atoms with Crippen LogP contribution in [0.15, 0.2) is 77.6 Å². The number of Topliss-reactive ketones (excluding diaryl/α,β-unsaturated/α-hetero) is 1. The van der Waals surface area contributed by atoms with Crippen LogP contribution >= 0.6 is 0 Å². The fourth-order valence-electron chi connectivity index (χ4n) is 6.10. The number of hydrogen-bond donors (Lipinski definition) is 2. The average molecular weight is 557 g/mol. The first-order valence-electron chi connectivity index (χ1n) is 15.0. The molecule has 0 amide bonds. The van der Waals surface area contributed by atoms with Crippen LogP contribution < -0.4 is 16.0 Å². The number of fused-ring (bicyclic) bond motifs is 1. The van der Waals surface area contributed by atoms with Crippen molar-refractivity contribution in [3.63, 3.8) is 0 Å². The Hall–Kier alpha value is -3.71. The summed E-state index contributed by atoms with van der Waals surface area (Å²) in [4.78, 5) is 27.3. The molecule has 2 fully saturated rings. The Bertz CT molecular complexity index is 1470. The van der Waals surface area contributed by atoms with E-state index < -0.39 is 5.82 Å². The van der Waals surface area contributed by atoms with Gasteiger partial charge in [0.2, 0.25) is 0 Å². The van der Waals surface area contributed by atoms with Crippen molar-refractivity contribution in [3.05, 3.63) is 106 Å². The first-order valence-corrected chi connectivity index (χ1v) is 15.0. The van der Waals surface area contributed by atoms with Crippen LogP contribution in [-0.4, -0.2) is 41.6 Å². The Labute approximate surface area is 241 Å². The lowest BCUT2D eigenvalue weighted by molar-refractivity contribution is 0.0984. The van der Waals surface area contributed by atoms with Crippen molar-refractivity contribution in [3.8, 4) is 0 Å². The van der Waals surface area contributed by atoms with Gasteiger partial charge in [0.05, 0.1) is 16.6 Å². The van der Waals surface area contributed by atoms with Crippen LogP contribution in [-0.2, 0) is 12.8 Å². The van der Waals surface area contributed by atoms with Crippen LogP contribution in [0.1, 0.15) is 60.5 Å². The van der Waals surface area contributed by atoms with Crippen molar-refractivity contribution < 1.29 is 9.18 Å². The van der Waals surface area contributed by atoms with Crippen molar-refractivity contribution in [1.82, 2.24) is 15.0 Å². The van der Waals surface area contributed by atoms with E-state index in [1.54, 1.807) is 11.6 Å². The van der Waals surface area contributed by atoms with Crippen LogP contribution in [0.3, 0.4) is 0 Å². The summed E-state index contributed by atoms with van der Waals surface area (Å²) in [6.45, 7) is 5.61. The Balaban J connectivity index is 0.000000216. The molecule has 0 radical (unpaired) electrons. The van der Waals surface area contributed by atoms with Crippen LogP contribution in [0.4, 0.5) is 4.39 Å². The third kappa shape index (κ3) is 7.33. The van der Waals surface area contributed by atoms with Crippen LogP contribution in [0.25, 0.3) is 11.0 Å². The number of halogens is 1. The molecule has 0 atom stereocenters. The van der Waals surface area contributed by atoms with Gasteiger partial charge < -0.3 is 15.3 Å². The molecule has 0 unspecified atom stereocenters. The molecule has 2 saturated heterocycles. The van der Waals surface area contributed by atoms with Crippen LogP contribution in [0, 0.1) is 17.7 Å². The molecule has 1 aromatic heterocycles. The number of nitrogens with one attached hydrogen (secondary N) is 2. The largest absolute Gasteiger partial charge is 0.345 e. The third-order valence-electron chi connectivity index (χ3n) is 8.44. The van der Waals surface area contributed by atoms with Crippen molar-refractivity contribution in [1.29, 1.82) is 0 Å². The van der Waals surface area contributed by atoms with E-state index in [4.69, 9.17) is 0 Å². The number of ketones is 1. The number of aromatic amines is 1. The molecule has 0 bridgehead atoms. The number of piperidine rings is 2. The highest BCUT2D eigenvalue weighted by Gasteiger charge is 2.24. The number of aromatic nitrogens is 2. The molecule has 7 heteroatoms. The molecule has 6 rings (SSSR count). The van der Waals surface area contributed by atoms with Crippen LogP contribution in [0.5, 0.6) is 0 Å². The van der Waals surface area contributed by atoms with Gasteiger partial charge in [-0.3, -0.25) is 4.79 Å². The molecule has 3 heterocycles. The van der Waals surface area contributed by atoms with Crippen LogP contribution in [0.2, 0.25) is 0 Å². The van der Waals surface area contributed by atoms with Gasteiger partial charge in [0.25, 0.3) is 0 Å². The van der Waals surface area contributed by atoms with Crippen molar-refractivity contribution >= 4 is 16.8 Å². The number of carbonyl (C=O) groups excluding carboxylic acids is 1. The van der Waals surface area contributed by atoms with E-state index in [0.29, 0.717) is 17.0 Å². The lowest BCUT2D eigenvalue weighted by Gasteiger charge is -2.33. The maximum Gasteiger partial charge on any atom is 0.345 e. The monoisotopic (exact) mass is 556 g/mol. The molecule has 2 N–H and O–H groups in total. The Kier molecular flexibility index (Phi) is 9.67. The van der Waals surface area contributed by atoms with Gasteiger partial charge in [-0.2, -0.15) is 0 Å². The predicted octanol–water partition coefficient (Wildman–Crippen LogP) is 5.88. The van der Waals surface area contributed by atoms with Gasteiger partial charge in [0.1, 0.15) is 5.82 Å². The summed E-state index contributed by atoms with van der Waals surface area (Å²) in [7, 11) is 0. The minimum Gasteiger partial charge on any atom is -0.317 e. The zero-order chi connectivity index (χ0) is 28.6. The molecular formula is C34H41FN4O2. The van der Waals surface area contributed by atoms with Gasteiger partial charge >= 0.3 is 5.69 Å². The number of H-pyrrole nitrogens is 1. The molecule has 216 valence electrons. The second-order valence-corrected chi connectivity index (χ2v) is 11.3. The van der Waals surface area contributed by atoms with E-state index >= 15 is 0 Å². The van der Waals surface area contributed by atoms with E-state index in [2.05, 4.69) is 64.9 Å². The first-order chi connectivity index (χ1) is 20.0. The molecule has 41 heavy (non-hydrogen) atoms. The van der Waals surface area contributed by atoms with Crippen molar-refractivity contribution in [2.75, 3.05) is 31.2 Å². The van der Waals surface area contributed by atoms with Gasteiger partial charge in [0.15, 0.2) is 5.78 Å². The number of hydrogen-bond acceptors (Lipinski definition) is 4. The maximum atomic E-state index is 14.2. The Morgan fingerprint density at radius 2 is 1.41 bits per heavy atom. The first kappa shape index (κ1) is 28.8. The molecule has 0 aliphatic carbocycles. The lowest BCUT2D eigenvalue weighted by atomic mass is 9.91. The van der Waals surface area contributed by atoms with Gasteiger partial charge in [-0.15, -0.1) is 0 Å². The highest BCUT2D eigenvalue weighted by atomic mass is 19.1. The summed E-state index contributed by atoms with van der Waals surface area (Å²) in [5.74, 6) is 0.633. The fourth-order valence-corrected chi connectivity index (χ4v) is 6.10. The normalized spacial score (nSPS) is 16.4. The van der Waals surface area contributed by atoms with Gasteiger partial charge in [-0.25, -0.2) is 13.9 Å². The van der Waals surface area contributed by atoms with E-state index in [-0.39, 0.29) is 23.5 Å². The number of imidazole rings is 1. The van der Waals surface area contributed by atoms with Gasteiger partial charge in [-0.05, 0) is 80.6 Å². The van der Waals surface area contributed by atoms with E-state index in [1.807, 2.05) is 11.1 Å². The topological polar surface area (TPSA) is 70.1 Å². The van der Waals surface area contributed by atoms with E-state index in [1.165, 1.54) is 55.6 Å². The zero-order valence-corrected chi connectivity index (χ0v) is 23.9. The standard InChI is InChI=1S/C22H24FN3O2.C12H17N/c1-2-21(27)17-13-20-19(14-18(17)23)24-22(28)26(20)25-10-8-16(9-11-25)12-15-6-4-3-5-7-15;1-2-4-11(5-3-1)10-12-6-8-13-9-7-12/h3-7,13-14,16H,2,8-12H2,1H3,(H,24,28);1-5,12-13H,6-10H2. The highest BCUT2D eigenvalue weighted by Crippen LogP contribution is 2.24. The molecule has 3 aromatic carbocycles. The number of benzene rings is 3. The predicted molar refractivity (Wildman–Crippen MR) is 164 cm³/mol. The maximum absolute atomic E-state index is 14.2. The molecule has 0 saturated carbocycles. The fraction of sp³-hybridized carbons (Fsp3) is 0.412. The van der Waals surface area contributed by atoms with E-state index in [0.717, 1.165) is 38.3 Å². The number of rotatable bonds is 7. The molecular weight excluding hydrogens is 515 g/mol. The summed E-state index contributed by atoms with van der Waals surface area (Å²) < 4.78 is 15.8. The number of carbonyl (C=O) groups is 1. The molecule has 4 aromatic rings. The molecule has 6 nitrogen and oxygen atoms in total. The smallest absolute Gasteiger partial charge is 0.317 e. The van der Waals surface area contributed by atoms with Gasteiger partial charge in [-0.1, -0.05) is 67.6 Å². The Morgan fingerprint density at radius 3 is 1.98 bits per heavy atom. The summed E-state index contributed by atoms with van der Waals surface area (Å²) in [5.41, 5.74) is 3.56. The molecule has 2 aliphatic rings. The van der Waals surface area contributed by atoms with E-state index in [9.17, 15) is 14.0 Å². The lowest BCUT2D eigenvalue weighted by Crippen LogP contribution is -2.46. The number of nitrogens with zero attached hydrogens (tertiary/aromatic N) is 2. The summed E-state index contributed by atoms with van der Waals surface area (Å²) in [6, 6.07) is 24.0. The average Bonchev–Trinajstić information content (AvgIpc) is 3.33. The van der Waals surface area contributed by atoms with Gasteiger partial charge in [0, 0.05) is 25.6 Å². The Morgan fingerprint density at radius 1 is 0.854 bits per heavy atom. The van der Waals surface area contributed by atoms with Crippen molar-refractivity contribution in [2.24, 2.45) is 11.8 Å². The summed E-state index contributed by atoms with van der Waals surface area (Å²) in [5, 5.41) is 5.40. The summed E-state index contributed by atoms with van der Waals surface area (Å²) in [6.07, 6.45) is 7.18. The summed E-state index contributed by atoms with van der Waals surface area (Å²) >= 11 is 0. The molecule has 0 spiro atoms. The minimum atomic E-state index is -0.589. The quantitative estimate of drug-likeness (QED) is 0.279. The minimum absolute atomic E-state index is 0.0433. The second-order valence-electron chi connectivity index (χ2n) is 11.3. The SMILES string of the molecule is CCC(=O)c1cc2c(cc1F)[nH]c(=O)n2N1CCC(Cc2ccccc2)CC1.c1ccc(CC2CCNCC2)cc1.